The lowest BCUT2D eigenvalue weighted by molar-refractivity contribution is 0.329. The Hall–Kier alpha value is -5.29. The fourth-order valence-corrected chi connectivity index (χ4v) is 8.76. The van der Waals surface area contributed by atoms with E-state index < -0.39 is 0 Å². The van der Waals surface area contributed by atoms with Crippen LogP contribution in [0.15, 0.2) is 134 Å². The van der Waals surface area contributed by atoms with Gasteiger partial charge in [0, 0.05) is 80.0 Å². The van der Waals surface area contributed by atoms with Crippen LogP contribution in [0.5, 0.6) is 0 Å². The molecule has 7 heteroatoms. The molecule has 2 aromatic carbocycles. The Balaban J connectivity index is 0.000000521. The molecule has 1 aliphatic heterocycles. The summed E-state index contributed by atoms with van der Waals surface area (Å²) >= 11 is 0. The molecule has 2 saturated carbocycles. The van der Waals surface area contributed by atoms with E-state index in [1.54, 1.807) is 12.4 Å². The molecule has 0 amide bonds. The largest absolute Gasteiger partial charge is 0.385 e. The van der Waals surface area contributed by atoms with Crippen LogP contribution in [0.25, 0.3) is 0 Å². The zero-order valence-electron chi connectivity index (χ0n) is 63.4. The van der Waals surface area contributed by atoms with Gasteiger partial charge in [0.2, 0.25) is 0 Å². The van der Waals surface area contributed by atoms with E-state index in [0.717, 1.165) is 49.5 Å². The maximum atomic E-state index is 4.03. The molecule has 510 valence electrons. The minimum atomic E-state index is 0.285. The zero-order valence-corrected chi connectivity index (χ0v) is 63.4. The molecule has 4 heterocycles. The first-order chi connectivity index (χ1) is 42.2. The number of para-hydroxylation sites is 1. The van der Waals surface area contributed by atoms with Crippen LogP contribution >= 0.6 is 0 Å². The van der Waals surface area contributed by atoms with Gasteiger partial charge in [-0.1, -0.05) is 225 Å². The molecule has 0 bridgehead atoms. The quantitative estimate of drug-likeness (QED) is 0.0690. The van der Waals surface area contributed by atoms with Crippen molar-refractivity contribution in [3.8, 4) is 11.8 Å². The van der Waals surface area contributed by atoms with Crippen LogP contribution in [0.4, 0.5) is 11.4 Å². The van der Waals surface area contributed by atoms with Crippen LogP contribution < -0.4 is 21.3 Å². The number of hydrogen-bond donors (Lipinski definition) is 4. The van der Waals surface area contributed by atoms with Crippen molar-refractivity contribution < 1.29 is 0 Å². The second-order valence-electron chi connectivity index (χ2n) is 34.3. The third-order valence-electron chi connectivity index (χ3n) is 14.9. The van der Waals surface area contributed by atoms with Crippen LogP contribution in [-0.4, -0.2) is 53.7 Å². The molecule has 0 unspecified atom stereocenters. The van der Waals surface area contributed by atoms with Crippen molar-refractivity contribution in [2.75, 3.05) is 43.4 Å². The van der Waals surface area contributed by atoms with Crippen LogP contribution in [0.1, 0.15) is 264 Å². The average molecular weight is 1250 g/mol. The van der Waals surface area contributed by atoms with E-state index in [-0.39, 0.29) is 5.41 Å². The van der Waals surface area contributed by atoms with Gasteiger partial charge in [0.15, 0.2) is 0 Å². The third kappa shape index (κ3) is 53.9. The van der Waals surface area contributed by atoms with Crippen molar-refractivity contribution >= 4 is 11.4 Å². The molecular formula is C84H139N7. The minimum Gasteiger partial charge on any atom is -0.385 e. The first-order valence-corrected chi connectivity index (χ1v) is 35.1. The predicted molar refractivity (Wildman–Crippen MR) is 405 cm³/mol. The smallest absolute Gasteiger partial charge is 0.0371 e. The molecule has 3 aromatic heterocycles. The molecule has 1 saturated heterocycles. The number of benzene rings is 2. The number of aromatic nitrogens is 3. The first kappa shape index (κ1) is 83.7. The van der Waals surface area contributed by atoms with Crippen LogP contribution in [0, 0.1) is 70.0 Å². The summed E-state index contributed by atoms with van der Waals surface area (Å²) in [7, 11) is 0. The third-order valence-corrected chi connectivity index (χ3v) is 14.9. The molecule has 3 fully saturated rings. The molecule has 8 rings (SSSR count). The van der Waals surface area contributed by atoms with Crippen molar-refractivity contribution in [3.05, 3.63) is 162 Å². The van der Waals surface area contributed by atoms with Crippen LogP contribution in [0.3, 0.4) is 0 Å². The normalized spacial score (nSPS) is 14.3. The molecule has 91 heavy (non-hydrogen) atoms. The Morgan fingerprint density at radius 2 is 1.00 bits per heavy atom. The van der Waals surface area contributed by atoms with Gasteiger partial charge in [-0.2, -0.15) is 0 Å². The Bertz CT molecular complexity index is 2600. The van der Waals surface area contributed by atoms with Crippen LogP contribution in [0.2, 0.25) is 0 Å². The highest BCUT2D eigenvalue weighted by molar-refractivity contribution is 5.42. The fraction of sp³-hybridized carbons (Fsp3) is 0.631. The number of nitrogens with zero attached hydrogens (tertiary/aromatic N) is 3. The summed E-state index contributed by atoms with van der Waals surface area (Å²) in [5.41, 5.74) is 12.0. The van der Waals surface area contributed by atoms with Gasteiger partial charge in [-0.05, 0) is 219 Å². The van der Waals surface area contributed by atoms with Gasteiger partial charge in [-0.15, -0.1) is 5.92 Å². The molecule has 7 nitrogen and oxygen atoms in total. The van der Waals surface area contributed by atoms with E-state index in [1.807, 2.05) is 43.0 Å². The number of nitrogens with one attached hydrogen (secondary N) is 4. The molecular weight excluding hydrogens is 1110 g/mol. The maximum Gasteiger partial charge on any atom is 0.0371 e. The van der Waals surface area contributed by atoms with Gasteiger partial charge in [-0.3, -0.25) is 15.0 Å². The van der Waals surface area contributed by atoms with E-state index in [0.29, 0.717) is 38.4 Å². The summed E-state index contributed by atoms with van der Waals surface area (Å²) in [5.74, 6) is 8.83. The fourth-order valence-electron chi connectivity index (χ4n) is 8.76. The Morgan fingerprint density at radius 1 is 0.516 bits per heavy atom. The second kappa shape index (κ2) is 42.8. The average Bonchev–Trinajstić information content (AvgIpc) is 4.15. The lowest BCUT2D eigenvalue weighted by Gasteiger charge is -2.26. The summed E-state index contributed by atoms with van der Waals surface area (Å²) in [5, 5.41) is 13.8. The van der Waals surface area contributed by atoms with E-state index >= 15 is 0 Å². The van der Waals surface area contributed by atoms with Crippen molar-refractivity contribution in [2.45, 2.75) is 268 Å². The summed E-state index contributed by atoms with van der Waals surface area (Å²) in [6.07, 6.45) is 31.0. The Labute approximate surface area is 563 Å². The van der Waals surface area contributed by atoms with Crippen molar-refractivity contribution in [2.24, 2.45) is 44.3 Å². The van der Waals surface area contributed by atoms with E-state index in [9.17, 15) is 0 Å². The van der Waals surface area contributed by atoms with Gasteiger partial charge >= 0.3 is 0 Å². The number of anilines is 2. The standard InChI is InChI=1S/C12H19N.C11H24N2.C11H18N2.C11H16.C10H15N.C10H18.C10H16.C9H13N/c1-12(2,3)9-10-13-11-7-5-4-6-8-11;2*1-11(2,3)6-9-13-10-4-7-12-8-5-10;1-9-5-7-10(8-6-9)11(2,3)4;1-10(2,3)8-9-4-6-11-7-5-9;2*1-10(2,3)8-4-5-9-6-7-9;1-7(2)9-4-5-10-6-8(9)3/h4-8,13H,9-10H2,1-3H3;10,12-13H,4-9H2,1-3H3;4-5,7-8H,6,9H2,1-3H3,(H,12,13);5-8H,1-4H3;4-7H,8H2,1-3H3;4-5,9H,6-8H2,1-3H3;9H,6-8H2,1-3H3;4-7H,1-3H3/b;;;;;5-4+;;. The summed E-state index contributed by atoms with van der Waals surface area (Å²) < 4.78 is 0. The number of piperidine rings is 1. The van der Waals surface area contributed by atoms with Crippen molar-refractivity contribution in [3.63, 3.8) is 0 Å². The zero-order chi connectivity index (χ0) is 68.8. The van der Waals surface area contributed by atoms with Gasteiger partial charge < -0.3 is 21.3 Å². The lowest BCUT2D eigenvalue weighted by atomic mass is 9.87. The highest BCUT2D eigenvalue weighted by Gasteiger charge is 2.20. The predicted octanol–water partition coefficient (Wildman–Crippen LogP) is 22.9. The highest BCUT2D eigenvalue weighted by atomic mass is 15.0. The number of pyridine rings is 3. The summed E-state index contributed by atoms with van der Waals surface area (Å²) in [6.45, 7) is 61.7. The van der Waals surface area contributed by atoms with Gasteiger partial charge in [0.1, 0.15) is 0 Å². The van der Waals surface area contributed by atoms with E-state index in [2.05, 4.69) is 300 Å². The van der Waals surface area contributed by atoms with E-state index in [4.69, 9.17) is 0 Å². The molecule has 0 atom stereocenters. The monoisotopic (exact) mass is 1250 g/mol. The number of aryl methyl sites for hydroxylation is 2. The lowest BCUT2D eigenvalue weighted by Crippen LogP contribution is -2.40. The minimum absolute atomic E-state index is 0.285. The molecule has 3 aliphatic rings. The topological polar surface area (TPSA) is 86.8 Å². The molecule has 2 aliphatic carbocycles. The van der Waals surface area contributed by atoms with Gasteiger partial charge in [0.05, 0.1) is 0 Å². The Morgan fingerprint density at radius 3 is 1.42 bits per heavy atom. The number of rotatable bonds is 13. The molecule has 0 spiro atoms. The molecule has 0 radical (unpaired) electrons. The second-order valence-corrected chi connectivity index (χ2v) is 34.3. The van der Waals surface area contributed by atoms with Crippen molar-refractivity contribution in [1.29, 1.82) is 0 Å². The van der Waals surface area contributed by atoms with Crippen molar-refractivity contribution in [1.82, 2.24) is 25.6 Å². The SMILES string of the molecule is CC(C)(C)C/C=C/C1CC1.CC(C)(C)CC#CC1CC1.CC(C)(C)CCNC1CCNCC1.CC(C)(C)CCNc1ccccc1.CC(C)(C)CCNc1ccncc1.CC(C)(C)Cc1ccncc1.Cc1ccc(C(C)(C)C)cc1.Cc1cnccc1C(C)C. The van der Waals surface area contributed by atoms with Gasteiger partial charge in [-0.25, -0.2) is 0 Å². The Kier molecular flexibility index (Phi) is 39.4. The number of allylic oxidation sites excluding steroid dienone is 2. The van der Waals surface area contributed by atoms with E-state index in [1.165, 1.54) is 117 Å². The number of hydrogen-bond acceptors (Lipinski definition) is 7. The molecule has 4 N–H and O–H groups in total. The first-order valence-electron chi connectivity index (χ1n) is 35.1. The maximum absolute atomic E-state index is 4.03. The summed E-state index contributed by atoms with van der Waals surface area (Å²) in [4.78, 5) is 12.0. The van der Waals surface area contributed by atoms with Crippen LogP contribution in [-0.2, 0) is 11.8 Å². The molecule has 5 aromatic rings. The summed E-state index contributed by atoms with van der Waals surface area (Å²) in [6, 6.07) is 30.1. The highest BCUT2D eigenvalue weighted by Crippen LogP contribution is 2.32. The van der Waals surface area contributed by atoms with Gasteiger partial charge in [0.25, 0.3) is 0 Å².